The van der Waals surface area contributed by atoms with E-state index in [-0.39, 0.29) is 12.3 Å². The van der Waals surface area contributed by atoms with Crippen LogP contribution in [0.1, 0.15) is 10.4 Å². The van der Waals surface area contributed by atoms with Crippen molar-refractivity contribution in [3.8, 4) is 11.5 Å². The number of carbonyl (C=O) groups is 1. The van der Waals surface area contributed by atoms with Crippen molar-refractivity contribution >= 4 is 5.78 Å². The van der Waals surface area contributed by atoms with Gasteiger partial charge in [-0.15, -0.1) is 0 Å². The molecule has 2 rings (SSSR count). The first-order valence-corrected chi connectivity index (χ1v) is 8.75. The SMILES string of the molecule is NCC(=O)c1ccc2c(c1)OCCOCCOCCOCCOCCO2. The maximum absolute atomic E-state index is 11.8. The zero-order valence-corrected chi connectivity index (χ0v) is 14.9. The van der Waals surface area contributed by atoms with Gasteiger partial charge in [-0.1, -0.05) is 0 Å². The molecule has 0 spiro atoms. The average Bonchev–Trinajstić information content (AvgIpc) is 2.67. The van der Waals surface area contributed by atoms with Crippen molar-refractivity contribution in [2.24, 2.45) is 5.73 Å². The summed E-state index contributed by atoms with van der Waals surface area (Å²) >= 11 is 0. The van der Waals surface area contributed by atoms with Gasteiger partial charge in [0.05, 0.1) is 59.4 Å². The van der Waals surface area contributed by atoms with Gasteiger partial charge in [-0.25, -0.2) is 0 Å². The molecule has 0 saturated heterocycles. The van der Waals surface area contributed by atoms with Crippen LogP contribution in [0.25, 0.3) is 0 Å². The van der Waals surface area contributed by atoms with Gasteiger partial charge in [-0.3, -0.25) is 4.79 Å². The Bertz CT molecular complexity index is 538. The third kappa shape index (κ3) is 7.67. The Morgan fingerprint density at radius 2 is 1.19 bits per heavy atom. The van der Waals surface area contributed by atoms with Crippen molar-refractivity contribution in [2.45, 2.75) is 0 Å². The predicted octanol–water partition coefficient (Wildman–Crippen LogP) is 0.666. The zero-order valence-electron chi connectivity index (χ0n) is 14.9. The van der Waals surface area contributed by atoms with Gasteiger partial charge >= 0.3 is 0 Å². The minimum atomic E-state index is -0.160. The maximum atomic E-state index is 11.8. The Hall–Kier alpha value is -1.71. The first-order valence-electron chi connectivity index (χ1n) is 8.75. The number of nitrogens with two attached hydrogens (primary N) is 1. The topological polar surface area (TPSA) is 98.5 Å². The van der Waals surface area contributed by atoms with Crippen LogP contribution >= 0.6 is 0 Å². The first kappa shape index (κ1) is 20.6. The van der Waals surface area contributed by atoms with E-state index < -0.39 is 0 Å². The van der Waals surface area contributed by atoms with Gasteiger partial charge in [0, 0.05) is 5.56 Å². The quantitative estimate of drug-likeness (QED) is 0.760. The molecule has 0 unspecified atom stereocenters. The van der Waals surface area contributed by atoms with Gasteiger partial charge in [-0.05, 0) is 18.2 Å². The minimum absolute atomic E-state index is 0.0569. The molecule has 0 saturated carbocycles. The van der Waals surface area contributed by atoms with Crippen molar-refractivity contribution < 1.29 is 33.2 Å². The summed E-state index contributed by atoms with van der Waals surface area (Å²) < 4.78 is 33.1. The van der Waals surface area contributed by atoms with E-state index in [2.05, 4.69) is 0 Å². The molecule has 0 atom stereocenters. The molecule has 8 nitrogen and oxygen atoms in total. The number of rotatable bonds is 2. The fourth-order valence-electron chi connectivity index (χ4n) is 2.21. The molecule has 0 bridgehead atoms. The van der Waals surface area contributed by atoms with Crippen LogP contribution in [0.2, 0.25) is 0 Å². The van der Waals surface area contributed by atoms with Crippen molar-refractivity contribution in [1.82, 2.24) is 0 Å². The Kier molecular flexibility index (Phi) is 9.99. The second-order valence-electron chi connectivity index (χ2n) is 5.44. The highest BCUT2D eigenvalue weighted by molar-refractivity contribution is 5.98. The number of hydrogen-bond donors (Lipinski definition) is 1. The number of fused-ring (bicyclic) bond motifs is 1. The molecule has 1 aromatic rings. The molecular weight excluding hydrogens is 342 g/mol. The number of ether oxygens (including phenoxy) is 6. The van der Waals surface area contributed by atoms with Crippen LogP contribution in [0.15, 0.2) is 18.2 Å². The summed E-state index contributed by atoms with van der Waals surface area (Å²) in [7, 11) is 0. The van der Waals surface area contributed by atoms with Crippen LogP contribution in [-0.2, 0) is 18.9 Å². The molecule has 1 aliphatic rings. The molecular formula is C18H27NO7. The van der Waals surface area contributed by atoms with Gasteiger partial charge in [0.1, 0.15) is 13.2 Å². The molecule has 1 aromatic carbocycles. The summed E-state index contributed by atoms with van der Waals surface area (Å²) in [5, 5.41) is 0. The largest absolute Gasteiger partial charge is 0.487 e. The predicted molar refractivity (Wildman–Crippen MR) is 94.1 cm³/mol. The van der Waals surface area contributed by atoms with Crippen LogP contribution < -0.4 is 15.2 Å². The van der Waals surface area contributed by atoms with Crippen LogP contribution in [-0.4, -0.2) is 78.4 Å². The first-order chi connectivity index (χ1) is 12.8. The lowest BCUT2D eigenvalue weighted by Crippen LogP contribution is -2.16. The summed E-state index contributed by atoms with van der Waals surface area (Å²) in [5.74, 6) is 0.865. The van der Waals surface area contributed by atoms with E-state index in [0.717, 1.165) is 0 Å². The Balaban J connectivity index is 1.95. The van der Waals surface area contributed by atoms with E-state index in [1.165, 1.54) is 0 Å². The van der Waals surface area contributed by atoms with Gasteiger partial charge < -0.3 is 34.2 Å². The molecule has 1 heterocycles. The number of Topliss-reactive ketones (excluding diaryl/α,β-unsaturated/α-hetero) is 1. The van der Waals surface area contributed by atoms with Crippen LogP contribution in [0.5, 0.6) is 11.5 Å². The van der Waals surface area contributed by atoms with Crippen molar-refractivity contribution in [3.05, 3.63) is 23.8 Å². The highest BCUT2D eigenvalue weighted by atomic mass is 16.6. The Morgan fingerprint density at radius 1 is 0.731 bits per heavy atom. The van der Waals surface area contributed by atoms with E-state index in [1.807, 2.05) is 0 Å². The molecule has 146 valence electrons. The van der Waals surface area contributed by atoms with Gasteiger partial charge in [-0.2, -0.15) is 0 Å². The van der Waals surface area contributed by atoms with Crippen LogP contribution in [0, 0.1) is 0 Å². The fraction of sp³-hybridized carbons (Fsp3) is 0.611. The van der Waals surface area contributed by atoms with E-state index >= 15 is 0 Å². The summed E-state index contributed by atoms with van der Waals surface area (Å²) in [5.41, 5.74) is 5.91. The molecule has 26 heavy (non-hydrogen) atoms. The number of carbonyl (C=O) groups excluding carboxylic acids is 1. The van der Waals surface area contributed by atoms with Crippen molar-refractivity contribution in [2.75, 3.05) is 72.6 Å². The smallest absolute Gasteiger partial charge is 0.176 e. The molecule has 0 amide bonds. The monoisotopic (exact) mass is 369 g/mol. The number of hydrogen-bond acceptors (Lipinski definition) is 8. The van der Waals surface area contributed by atoms with Gasteiger partial charge in [0.25, 0.3) is 0 Å². The van der Waals surface area contributed by atoms with E-state index in [4.69, 9.17) is 34.2 Å². The van der Waals surface area contributed by atoms with Crippen LogP contribution in [0.4, 0.5) is 0 Å². The standard InChI is InChI=1S/C18H27NO7/c19-14-16(20)15-1-2-17-18(13-15)26-12-10-24-8-6-22-4-3-21-5-7-23-9-11-25-17/h1-2,13H,3-12,14,19H2. The van der Waals surface area contributed by atoms with Gasteiger partial charge in [0.15, 0.2) is 17.3 Å². The molecule has 8 heteroatoms. The summed E-state index contributed by atoms with van der Waals surface area (Å²) in [6, 6.07) is 5.01. The highest BCUT2D eigenvalue weighted by Gasteiger charge is 2.11. The second kappa shape index (κ2) is 12.6. The zero-order chi connectivity index (χ0) is 18.5. The van der Waals surface area contributed by atoms with E-state index in [0.29, 0.717) is 83.1 Å². The molecule has 0 aliphatic carbocycles. The lowest BCUT2D eigenvalue weighted by molar-refractivity contribution is -0.00841. The Morgan fingerprint density at radius 3 is 1.69 bits per heavy atom. The van der Waals surface area contributed by atoms with Gasteiger partial charge in [0.2, 0.25) is 0 Å². The highest BCUT2D eigenvalue weighted by Crippen LogP contribution is 2.28. The third-order valence-corrected chi connectivity index (χ3v) is 3.54. The minimum Gasteiger partial charge on any atom is -0.487 e. The maximum Gasteiger partial charge on any atom is 0.176 e. The fourth-order valence-corrected chi connectivity index (χ4v) is 2.21. The summed E-state index contributed by atoms with van der Waals surface area (Å²) in [6.07, 6.45) is 0. The van der Waals surface area contributed by atoms with E-state index in [9.17, 15) is 4.79 Å². The average molecular weight is 369 g/mol. The molecule has 1 aliphatic heterocycles. The molecule has 0 fully saturated rings. The number of benzene rings is 1. The van der Waals surface area contributed by atoms with Crippen molar-refractivity contribution in [3.63, 3.8) is 0 Å². The molecule has 0 aromatic heterocycles. The molecule has 2 N–H and O–H groups in total. The lowest BCUT2D eigenvalue weighted by atomic mass is 10.1. The normalized spacial score (nSPS) is 18.5. The van der Waals surface area contributed by atoms with Crippen LogP contribution in [0.3, 0.4) is 0 Å². The van der Waals surface area contributed by atoms with E-state index in [1.54, 1.807) is 18.2 Å². The molecule has 0 radical (unpaired) electrons. The third-order valence-electron chi connectivity index (χ3n) is 3.54. The number of ketones is 1. The summed E-state index contributed by atoms with van der Waals surface area (Å²) in [4.78, 5) is 11.8. The summed E-state index contributed by atoms with van der Waals surface area (Å²) in [6.45, 7) is 4.47. The Labute approximate surface area is 153 Å². The van der Waals surface area contributed by atoms with Crippen molar-refractivity contribution in [1.29, 1.82) is 0 Å². The second-order valence-corrected chi connectivity index (χ2v) is 5.44. The lowest BCUT2D eigenvalue weighted by Gasteiger charge is -2.15.